The maximum atomic E-state index is 10.7. The van der Waals surface area contributed by atoms with Gasteiger partial charge < -0.3 is 5.11 Å². The molecule has 0 unspecified atom stereocenters. The first-order valence-electron chi connectivity index (χ1n) is 4.64. The largest absolute Gasteiger partial charge is 0.477 e. The van der Waals surface area contributed by atoms with Gasteiger partial charge in [0.05, 0.1) is 4.92 Å². The number of hydrogen-bond donors (Lipinski definition) is 1. The van der Waals surface area contributed by atoms with E-state index in [1.54, 1.807) is 5.40 Å². The zero-order valence-corrected chi connectivity index (χ0v) is 10.0. The van der Waals surface area contributed by atoms with Gasteiger partial charge in [0.2, 0.25) is 0 Å². The third-order valence-electron chi connectivity index (χ3n) is 1.56. The van der Waals surface area contributed by atoms with Crippen molar-refractivity contribution in [1.82, 2.24) is 0 Å². The van der Waals surface area contributed by atoms with Crippen LogP contribution in [0.15, 0.2) is 23.1 Å². The van der Waals surface area contributed by atoms with Crippen LogP contribution in [0.5, 0.6) is 0 Å². The molecule has 0 aromatic heterocycles. The summed E-state index contributed by atoms with van der Waals surface area (Å²) in [7, 11) is 0. The van der Waals surface area contributed by atoms with Crippen LogP contribution in [-0.2, 0) is 0 Å². The summed E-state index contributed by atoms with van der Waals surface area (Å²) in [6.45, 7) is 4.00. The molecule has 0 saturated carbocycles. The van der Waals surface area contributed by atoms with E-state index in [9.17, 15) is 14.9 Å². The van der Waals surface area contributed by atoms with E-state index in [2.05, 4.69) is 0 Å². The summed E-state index contributed by atoms with van der Waals surface area (Å²) >= 11 is 0.747. The van der Waals surface area contributed by atoms with Gasteiger partial charge in [-0.2, -0.15) is 5.26 Å². The molecule has 0 aliphatic rings. The Morgan fingerprint density at radius 3 is 2.53 bits per heavy atom. The van der Waals surface area contributed by atoms with Gasteiger partial charge in [0.1, 0.15) is 11.0 Å². The van der Waals surface area contributed by atoms with E-state index < -0.39 is 22.1 Å². The number of carboxylic acids is 1. The van der Waals surface area contributed by atoms with Gasteiger partial charge in [-0.15, -0.1) is 0 Å². The van der Waals surface area contributed by atoms with Gasteiger partial charge in [-0.3, -0.25) is 10.1 Å². The third-order valence-corrected chi connectivity index (χ3v) is 2.14. The van der Waals surface area contributed by atoms with Crippen LogP contribution in [-0.4, -0.2) is 16.0 Å². The number of nitro benzene ring substituents is 1. The zero-order valence-electron chi connectivity index (χ0n) is 9.21. The molecule has 17 heavy (non-hydrogen) atoms. The number of rotatable bonds is 3. The van der Waals surface area contributed by atoms with E-state index in [1.165, 1.54) is 6.07 Å². The molecule has 0 saturated heterocycles. The smallest absolute Gasteiger partial charge is 0.342 e. The van der Waals surface area contributed by atoms with Crippen molar-refractivity contribution in [3.63, 3.8) is 0 Å². The van der Waals surface area contributed by atoms with Crippen molar-refractivity contribution in [2.24, 2.45) is 0 Å². The average Bonchev–Trinajstić information content (AvgIpc) is 2.31. The maximum absolute atomic E-state index is 10.7. The molecular formula is C10H10N2O4S. The minimum atomic E-state index is -1.39. The second-order valence-electron chi connectivity index (χ2n) is 2.43. The van der Waals surface area contributed by atoms with Crippen LogP contribution in [0.3, 0.4) is 0 Å². The van der Waals surface area contributed by atoms with Crippen LogP contribution >= 0.6 is 11.8 Å². The molecule has 6 nitrogen and oxygen atoms in total. The lowest BCUT2D eigenvalue weighted by atomic mass is 10.2. The predicted octanol–water partition coefficient (Wildman–Crippen LogP) is 2.89. The first kappa shape index (κ1) is 14.9. The Bertz CT molecular complexity index is 468. The number of aromatic carboxylic acids is 1. The Morgan fingerprint density at radius 2 is 2.12 bits per heavy atom. The monoisotopic (exact) mass is 254 g/mol. The molecule has 1 aromatic rings. The van der Waals surface area contributed by atoms with E-state index >= 15 is 0 Å². The van der Waals surface area contributed by atoms with E-state index in [0.717, 1.165) is 23.9 Å². The third kappa shape index (κ3) is 4.12. The van der Waals surface area contributed by atoms with Gasteiger partial charge in [0.15, 0.2) is 0 Å². The molecule has 0 amide bonds. The predicted molar refractivity (Wildman–Crippen MR) is 62.9 cm³/mol. The first-order chi connectivity index (χ1) is 8.06. The number of thiocyanates is 1. The topological polar surface area (TPSA) is 104 Å². The van der Waals surface area contributed by atoms with Crippen molar-refractivity contribution in [2.45, 2.75) is 18.7 Å². The molecule has 0 radical (unpaired) electrons. The van der Waals surface area contributed by atoms with Gasteiger partial charge in [-0.1, -0.05) is 13.8 Å². The van der Waals surface area contributed by atoms with Crippen molar-refractivity contribution in [3.8, 4) is 5.40 Å². The van der Waals surface area contributed by atoms with Crippen molar-refractivity contribution in [3.05, 3.63) is 33.9 Å². The summed E-state index contributed by atoms with van der Waals surface area (Å²) in [6.07, 6.45) is 0. The molecule has 0 aliphatic carbocycles. The van der Waals surface area contributed by atoms with Crippen LogP contribution in [0.1, 0.15) is 24.2 Å². The fourth-order valence-corrected chi connectivity index (χ4v) is 1.38. The summed E-state index contributed by atoms with van der Waals surface area (Å²) in [6, 6.07) is 3.51. The number of carbonyl (C=O) groups is 1. The lowest BCUT2D eigenvalue weighted by Crippen LogP contribution is -2.02. The summed E-state index contributed by atoms with van der Waals surface area (Å²) < 4.78 is 0. The fraction of sp³-hybridized carbons (Fsp3) is 0.200. The number of nitrogens with zero attached hydrogens (tertiary/aromatic N) is 2. The summed E-state index contributed by atoms with van der Waals surface area (Å²) in [5, 5.41) is 29.3. The Hall–Kier alpha value is -2.07. The molecule has 7 heteroatoms. The SMILES string of the molecule is CC.N#CSc1ccc([N+](=O)[O-])c(C(=O)O)c1. The molecule has 0 atom stereocenters. The number of thioether (sulfide) groups is 1. The molecule has 1 aromatic carbocycles. The lowest BCUT2D eigenvalue weighted by molar-refractivity contribution is -0.385. The highest BCUT2D eigenvalue weighted by molar-refractivity contribution is 8.03. The molecule has 1 N–H and O–H groups in total. The highest BCUT2D eigenvalue weighted by Gasteiger charge is 2.19. The first-order valence-corrected chi connectivity index (χ1v) is 5.45. The average molecular weight is 254 g/mol. The van der Waals surface area contributed by atoms with Crippen LogP contribution < -0.4 is 0 Å². The van der Waals surface area contributed by atoms with Crippen LogP contribution in [0.2, 0.25) is 0 Å². The Kier molecular flexibility index (Phi) is 6.36. The van der Waals surface area contributed by atoms with Crippen molar-refractivity contribution in [1.29, 1.82) is 5.26 Å². The van der Waals surface area contributed by atoms with E-state index in [1.807, 2.05) is 13.8 Å². The quantitative estimate of drug-likeness (QED) is 0.385. The highest BCUT2D eigenvalue weighted by Crippen LogP contribution is 2.25. The molecule has 0 spiro atoms. The molecule has 90 valence electrons. The van der Waals surface area contributed by atoms with Gasteiger partial charge in [-0.05, 0) is 23.9 Å². The number of hydrogen-bond acceptors (Lipinski definition) is 5. The minimum absolute atomic E-state index is 0.362. The maximum Gasteiger partial charge on any atom is 0.342 e. The molecule has 0 heterocycles. The van der Waals surface area contributed by atoms with Crippen LogP contribution in [0.25, 0.3) is 0 Å². The van der Waals surface area contributed by atoms with Crippen LogP contribution in [0, 0.1) is 20.8 Å². The summed E-state index contributed by atoms with van der Waals surface area (Å²) in [5.41, 5.74) is -0.898. The minimum Gasteiger partial charge on any atom is -0.477 e. The van der Waals surface area contributed by atoms with E-state index in [4.69, 9.17) is 10.4 Å². The number of benzene rings is 1. The lowest BCUT2D eigenvalue weighted by Gasteiger charge is -1.99. The second-order valence-corrected chi connectivity index (χ2v) is 3.29. The molecular weight excluding hydrogens is 244 g/mol. The van der Waals surface area contributed by atoms with Gasteiger partial charge >= 0.3 is 5.97 Å². The second kappa shape index (κ2) is 7.24. The number of nitro groups is 1. The Balaban J connectivity index is 0.00000121. The normalized spacial score (nSPS) is 8.53. The number of carboxylic acid groups (broad SMARTS) is 1. The number of nitriles is 1. The Labute approximate surface area is 102 Å². The molecule has 0 fully saturated rings. The van der Waals surface area contributed by atoms with E-state index in [-0.39, 0.29) is 0 Å². The van der Waals surface area contributed by atoms with E-state index in [0.29, 0.717) is 4.90 Å². The zero-order chi connectivity index (χ0) is 13.4. The fourth-order valence-electron chi connectivity index (χ4n) is 0.962. The molecule has 0 bridgehead atoms. The molecule has 1 rings (SSSR count). The van der Waals surface area contributed by atoms with Gasteiger partial charge in [0, 0.05) is 11.0 Å². The standard InChI is InChI=1S/C8H4N2O4S.C2H6/c9-4-15-5-1-2-7(10(13)14)6(3-5)8(11)12;1-2/h1-3H,(H,11,12);1-2H3. The van der Waals surface area contributed by atoms with Gasteiger partial charge in [0.25, 0.3) is 5.69 Å². The van der Waals surface area contributed by atoms with Crippen molar-refractivity contribution >= 4 is 23.4 Å². The molecule has 0 aliphatic heterocycles. The Morgan fingerprint density at radius 1 is 1.53 bits per heavy atom. The highest BCUT2D eigenvalue weighted by atomic mass is 32.2. The van der Waals surface area contributed by atoms with Crippen molar-refractivity contribution < 1.29 is 14.8 Å². The van der Waals surface area contributed by atoms with Gasteiger partial charge in [-0.25, -0.2) is 4.79 Å². The summed E-state index contributed by atoms with van der Waals surface area (Å²) in [5.74, 6) is -1.39. The van der Waals surface area contributed by atoms with Crippen LogP contribution in [0.4, 0.5) is 5.69 Å². The summed E-state index contributed by atoms with van der Waals surface area (Å²) in [4.78, 5) is 20.7. The van der Waals surface area contributed by atoms with Crippen molar-refractivity contribution in [2.75, 3.05) is 0 Å².